The summed E-state index contributed by atoms with van der Waals surface area (Å²) < 4.78 is 0. The molecule has 6 atom stereocenters. The summed E-state index contributed by atoms with van der Waals surface area (Å²) in [5.74, 6) is -1.39. The van der Waals surface area contributed by atoms with E-state index in [1.165, 1.54) is 11.9 Å². The Hall–Kier alpha value is -1.92. The van der Waals surface area contributed by atoms with Gasteiger partial charge in [-0.2, -0.15) is 0 Å². The summed E-state index contributed by atoms with van der Waals surface area (Å²) in [5, 5.41) is 31.4. The Balaban J connectivity index is 2.14. The van der Waals surface area contributed by atoms with Gasteiger partial charge >= 0.3 is 0 Å². The number of hydrogen-bond donors (Lipinski definition) is 3. The van der Waals surface area contributed by atoms with Crippen molar-refractivity contribution in [2.45, 2.75) is 51.7 Å². The highest BCUT2D eigenvalue weighted by Crippen LogP contribution is 2.56. The van der Waals surface area contributed by atoms with Crippen LogP contribution in [0.1, 0.15) is 40.0 Å². The van der Waals surface area contributed by atoms with Crippen molar-refractivity contribution < 1.29 is 24.9 Å². The van der Waals surface area contributed by atoms with Crippen molar-refractivity contribution in [2.24, 2.45) is 23.2 Å². The van der Waals surface area contributed by atoms with E-state index < -0.39 is 35.4 Å². The number of hydrogen-bond acceptors (Lipinski definition) is 5. The van der Waals surface area contributed by atoms with E-state index in [1.807, 2.05) is 39.0 Å². The molecule has 3 rings (SSSR count). The lowest BCUT2D eigenvalue weighted by Crippen LogP contribution is -2.48. The number of amides is 1. The number of rotatable bonds is 3. The molecule has 1 saturated carbocycles. The number of likely N-dealkylation sites (N-methyl/N-ethyl adjacent to an activating group) is 1. The minimum absolute atomic E-state index is 0.00879. The van der Waals surface area contributed by atoms with Gasteiger partial charge in [0.15, 0.2) is 5.78 Å². The topological polar surface area (TPSA) is 98.1 Å². The van der Waals surface area contributed by atoms with Crippen molar-refractivity contribution in [3.05, 3.63) is 35.6 Å². The van der Waals surface area contributed by atoms with E-state index in [2.05, 4.69) is 6.08 Å². The Morgan fingerprint density at radius 3 is 2.57 bits per heavy atom. The van der Waals surface area contributed by atoms with Gasteiger partial charge < -0.3 is 20.2 Å². The largest absolute Gasteiger partial charge is 0.511 e. The average molecular weight is 389 g/mol. The number of likely N-dealkylation sites (tertiary alicyclic amines) is 1. The molecule has 1 heterocycles. The van der Waals surface area contributed by atoms with Gasteiger partial charge in [-0.15, -0.1) is 0 Å². The van der Waals surface area contributed by atoms with Gasteiger partial charge in [-0.25, -0.2) is 0 Å². The zero-order valence-electron chi connectivity index (χ0n) is 17.1. The van der Waals surface area contributed by atoms with Gasteiger partial charge in [-0.05, 0) is 44.9 Å². The summed E-state index contributed by atoms with van der Waals surface area (Å²) in [7, 11) is 1.47. The molecule has 28 heavy (non-hydrogen) atoms. The number of aliphatic hydroxyl groups is 3. The van der Waals surface area contributed by atoms with Crippen molar-refractivity contribution >= 4 is 11.7 Å². The van der Waals surface area contributed by atoms with Crippen LogP contribution in [0.3, 0.4) is 0 Å². The number of allylic oxidation sites excluding steroid dienone is 5. The number of carbonyl (C=O) groups excluding carboxylic acids is 2. The minimum atomic E-state index is -0.949. The Morgan fingerprint density at radius 1 is 1.32 bits per heavy atom. The third kappa shape index (κ3) is 3.03. The van der Waals surface area contributed by atoms with Gasteiger partial charge in [0.2, 0.25) is 0 Å². The van der Waals surface area contributed by atoms with Gasteiger partial charge in [0.25, 0.3) is 5.91 Å². The first-order valence-corrected chi connectivity index (χ1v) is 9.98. The summed E-state index contributed by atoms with van der Waals surface area (Å²) >= 11 is 0. The number of carbonyl (C=O) groups is 2. The summed E-state index contributed by atoms with van der Waals surface area (Å²) in [5.41, 5.74) is -1.80. The smallest absolute Gasteiger partial charge is 0.261 e. The number of ketones is 1. The van der Waals surface area contributed by atoms with Crippen LogP contribution in [0.25, 0.3) is 0 Å². The molecular weight excluding hydrogens is 358 g/mol. The normalized spacial score (nSPS) is 43.0. The molecule has 0 spiro atoms. The Labute approximate surface area is 166 Å². The van der Waals surface area contributed by atoms with E-state index in [9.17, 15) is 24.9 Å². The highest BCUT2D eigenvalue weighted by Gasteiger charge is 2.55. The van der Waals surface area contributed by atoms with Crippen molar-refractivity contribution in [3.8, 4) is 0 Å². The molecule has 1 aliphatic heterocycles. The van der Waals surface area contributed by atoms with Gasteiger partial charge in [0, 0.05) is 18.4 Å². The number of aliphatic hydroxyl groups excluding tert-OH is 2. The predicted molar refractivity (Wildman–Crippen MR) is 105 cm³/mol. The monoisotopic (exact) mass is 389 g/mol. The molecular formula is C22H31NO5. The fourth-order valence-corrected chi connectivity index (χ4v) is 5.35. The molecule has 3 aliphatic rings. The van der Waals surface area contributed by atoms with E-state index in [1.54, 1.807) is 0 Å². The molecule has 0 aromatic heterocycles. The molecule has 154 valence electrons. The van der Waals surface area contributed by atoms with Crippen LogP contribution >= 0.6 is 0 Å². The van der Waals surface area contributed by atoms with E-state index in [4.69, 9.17) is 0 Å². The number of nitrogens with zero attached hydrogens (tertiary/aromatic N) is 1. The first-order chi connectivity index (χ1) is 13.1. The first-order valence-electron chi connectivity index (χ1n) is 9.98. The maximum absolute atomic E-state index is 12.8. The summed E-state index contributed by atoms with van der Waals surface area (Å²) in [6.45, 7) is 5.17. The first kappa shape index (κ1) is 20.8. The van der Waals surface area contributed by atoms with Crippen LogP contribution in [-0.4, -0.2) is 57.2 Å². The zero-order chi connectivity index (χ0) is 20.9. The quantitative estimate of drug-likeness (QED) is 0.297. The molecule has 2 fully saturated rings. The van der Waals surface area contributed by atoms with Crippen LogP contribution in [0.15, 0.2) is 35.6 Å². The van der Waals surface area contributed by atoms with Gasteiger partial charge in [-0.3, -0.25) is 9.59 Å². The average Bonchev–Trinajstić information content (AvgIpc) is 2.84. The van der Waals surface area contributed by atoms with E-state index >= 15 is 0 Å². The molecule has 2 aliphatic carbocycles. The highest BCUT2D eigenvalue weighted by molar-refractivity contribution is 6.26. The summed E-state index contributed by atoms with van der Waals surface area (Å²) in [6, 6.07) is -0.949. The van der Waals surface area contributed by atoms with Crippen molar-refractivity contribution in [1.29, 1.82) is 0 Å². The molecule has 6 nitrogen and oxygen atoms in total. The fourth-order valence-electron chi connectivity index (χ4n) is 5.35. The Morgan fingerprint density at radius 2 is 2.00 bits per heavy atom. The maximum atomic E-state index is 12.8. The molecule has 1 amide bonds. The van der Waals surface area contributed by atoms with Crippen LogP contribution in [0.4, 0.5) is 0 Å². The van der Waals surface area contributed by atoms with Crippen molar-refractivity contribution in [1.82, 2.24) is 4.90 Å². The predicted octanol–water partition coefficient (Wildman–Crippen LogP) is 2.14. The summed E-state index contributed by atoms with van der Waals surface area (Å²) in [6.07, 6.45) is 9.87. The third-order valence-electron chi connectivity index (χ3n) is 7.09. The summed E-state index contributed by atoms with van der Waals surface area (Å²) in [4.78, 5) is 26.7. The second kappa shape index (κ2) is 7.16. The SMILES string of the molecule is C/C=C/[C@@H]1C=C[C@@H]2C[C@@](C)(O)CC[C@H]2[C@]1(C)/C(O)=C1/C(=O)[C@H](CO)N(C)C1=O. The fraction of sp³-hybridized carbons (Fsp3) is 0.636. The molecule has 1 saturated heterocycles. The van der Waals surface area contributed by atoms with Gasteiger partial charge in [0.05, 0.1) is 12.2 Å². The van der Waals surface area contributed by atoms with Gasteiger partial charge in [-0.1, -0.05) is 31.2 Å². The lowest BCUT2D eigenvalue weighted by Gasteiger charge is -2.52. The lowest BCUT2D eigenvalue weighted by molar-refractivity contribution is -0.126. The Bertz CT molecular complexity index is 765. The van der Waals surface area contributed by atoms with Crippen LogP contribution in [0.2, 0.25) is 0 Å². The second-order valence-electron chi connectivity index (χ2n) is 8.93. The van der Waals surface area contributed by atoms with Gasteiger partial charge in [0.1, 0.15) is 17.4 Å². The van der Waals surface area contributed by atoms with E-state index in [0.717, 1.165) is 0 Å². The molecule has 0 aromatic carbocycles. The molecule has 0 unspecified atom stereocenters. The van der Waals surface area contributed by atoms with Crippen LogP contribution in [0.5, 0.6) is 0 Å². The zero-order valence-corrected chi connectivity index (χ0v) is 17.1. The highest BCUT2D eigenvalue weighted by atomic mass is 16.3. The van der Waals surface area contributed by atoms with Crippen molar-refractivity contribution in [3.63, 3.8) is 0 Å². The number of Topliss-reactive ketones (excluding diaryl/α,β-unsaturated/α-hetero) is 1. The van der Waals surface area contributed by atoms with E-state index in [-0.39, 0.29) is 29.1 Å². The molecule has 3 N–H and O–H groups in total. The Kier molecular flexibility index (Phi) is 5.32. The van der Waals surface area contributed by atoms with Crippen LogP contribution in [-0.2, 0) is 9.59 Å². The molecule has 0 aromatic rings. The van der Waals surface area contributed by atoms with Crippen molar-refractivity contribution in [2.75, 3.05) is 13.7 Å². The van der Waals surface area contributed by atoms with Crippen LogP contribution in [0, 0.1) is 23.2 Å². The van der Waals surface area contributed by atoms with Crippen LogP contribution < -0.4 is 0 Å². The third-order valence-corrected chi connectivity index (χ3v) is 7.09. The lowest BCUT2D eigenvalue weighted by atomic mass is 9.53. The second-order valence-corrected chi connectivity index (χ2v) is 8.93. The molecule has 0 bridgehead atoms. The minimum Gasteiger partial charge on any atom is -0.511 e. The molecule has 6 heteroatoms. The number of fused-ring (bicyclic) bond motifs is 1. The molecule has 0 radical (unpaired) electrons. The standard InChI is InChI=1S/C22H31NO5/c1-5-6-14-8-7-13-11-21(2,28)10-9-15(13)22(14,3)19(26)17-18(25)16(12-24)23(4)20(17)27/h5-8,13-16,24,26,28H,9-12H2,1-4H3/b6-5+,19-17+/t13-,14-,15-,16+,21+,22-/m1/s1. The maximum Gasteiger partial charge on any atom is 0.261 e. The van der Waals surface area contributed by atoms with E-state index in [0.29, 0.717) is 19.3 Å².